The molecule has 2 nitrogen and oxygen atoms in total. The average Bonchev–Trinajstić information content (AvgIpc) is 2.38. The summed E-state index contributed by atoms with van der Waals surface area (Å²) in [5.41, 5.74) is 2.29. The molecule has 0 radical (unpaired) electrons. The number of carbonyl (C=O) groups is 1. The summed E-state index contributed by atoms with van der Waals surface area (Å²) in [7, 11) is 0. The van der Waals surface area contributed by atoms with E-state index in [1.807, 2.05) is 31.2 Å². The Kier molecular flexibility index (Phi) is 3.76. The van der Waals surface area contributed by atoms with Gasteiger partial charge in [0.2, 0.25) is 5.78 Å². The van der Waals surface area contributed by atoms with Crippen LogP contribution in [0.1, 0.15) is 21.5 Å². The smallest absolute Gasteiger partial charge is 0.239 e. The molecule has 0 spiro atoms. The van der Waals surface area contributed by atoms with Crippen molar-refractivity contribution in [3.63, 3.8) is 0 Å². The fourth-order valence-electron chi connectivity index (χ4n) is 1.39. The fourth-order valence-corrected chi connectivity index (χ4v) is 1.59. The molecule has 88 valence electrons. The summed E-state index contributed by atoms with van der Waals surface area (Å²) >= 11 is 5.82. The molecule has 0 aliphatic rings. The topological polar surface area (TPSA) is 30.0 Å². The van der Waals surface area contributed by atoms with E-state index in [9.17, 15) is 4.79 Å². The first kappa shape index (κ1) is 12.3. The number of Topliss-reactive ketones (excluding diaryl/α,β-unsaturated/α-hetero) is 1. The van der Waals surface area contributed by atoms with Crippen molar-refractivity contribution in [3.8, 4) is 11.8 Å². The quantitative estimate of drug-likeness (QED) is 0.445. The third kappa shape index (κ3) is 2.97. The Morgan fingerprint density at radius 1 is 1.22 bits per heavy atom. The maximum Gasteiger partial charge on any atom is 0.239 e. The molecule has 0 aliphatic carbocycles. The normalized spacial score (nSPS) is 9.44. The van der Waals surface area contributed by atoms with E-state index in [4.69, 9.17) is 11.6 Å². The molecule has 0 N–H and O–H groups in total. The SMILES string of the molecule is Cc1ccc(C#CC(=O)c2cccnc2Cl)cc1. The van der Waals surface area contributed by atoms with Crippen molar-refractivity contribution in [3.05, 3.63) is 64.4 Å². The molecule has 3 heteroatoms. The maximum absolute atomic E-state index is 11.8. The Labute approximate surface area is 111 Å². The molecule has 0 atom stereocenters. The molecule has 0 fully saturated rings. The van der Waals surface area contributed by atoms with E-state index < -0.39 is 0 Å². The maximum atomic E-state index is 11.8. The average molecular weight is 256 g/mol. The highest BCUT2D eigenvalue weighted by atomic mass is 35.5. The first-order valence-corrected chi connectivity index (χ1v) is 5.78. The first-order valence-electron chi connectivity index (χ1n) is 5.40. The van der Waals surface area contributed by atoms with Gasteiger partial charge in [0.1, 0.15) is 5.15 Å². The van der Waals surface area contributed by atoms with Gasteiger partial charge in [0.25, 0.3) is 0 Å². The number of carbonyl (C=O) groups excluding carboxylic acids is 1. The molecule has 0 amide bonds. The van der Waals surface area contributed by atoms with Gasteiger partial charge in [-0.1, -0.05) is 35.2 Å². The molecule has 0 saturated carbocycles. The Morgan fingerprint density at radius 2 is 1.94 bits per heavy atom. The lowest BCUT2D eigenvalue weighted by molar-refractivity contribution is 0.105. The van der Waals surface area contributed by atoms with Crippen LogP contribution in [-0.4, -0.2) is 10.8 Å². The molecule has 2 rings (SSSR count). The van der Waals surface area contributed by atoms with E-state index in [-0.39, 0.29) is 10.9 Å². The van der Waals surface area contributed by atoms with Gasteiger partial charge in [0, 0.05) is 11.8 Å². The van der Waals surface area contributed by atoms with Gasteiger partial charge in [0.05, 0.1) is 5.56 Å². The molecule has 1 aromatic heterocycles. The molecule has 0 aliphatic heterocycles. The Bertz CT molecular complexity index is 636. The Morgan fingerprint density at radius 3 is 2.61 bits per heavy atom. The van der Waals surface area contributed by atoms with Crippen LogP contribution < -0.4 is 0 Å². The first-order chi connectivity index (χ1) is 8.66. The molecule has 18 heavy (non-hydrogen) atoms. The second-order valence-electron chi connectivity index (χ2n) is 3.79. The minimum absolute atomic E-state index is 0.181. The zero-order chi connectivity index (χ0) is 13.0. The summed E-state index contributed by atoms with van der Waals surface area (Å²) in [6, 6.07) is 10.9. The minimum atomic E-state index is -0.325. The van der Waals surface area contributed by atoms with Crippen molar-refractivity contribution < 1.29 is 4.79 Å². The lowest BCUT2D eigenvalue weighted by Gasteiger charge is -1.95. The number of pyridine rings is 1. The van der Waals surface area contributed by atoms with E-state index in [1.165, 1.54) is 6.20 Å². The number of halogens is 1. The molecule has 0 bridgehead atoms. The van der Waals surface area contributed by atoms with Gasteiger partial charge in [-0.15, -0.1) is 0 Å². The van der Waals surface area contributed by atoms with E-state index in [0.717, 1.165) is 11.1 Å². The number of benzene rings is 1. The third-order valence-electron chi connectivity index (χ3n) is 2.38. The number of nitrogens with zero attached hydrogens (tertiary/aromatic N) is 1. The summed E-state index contributed by atoms with van der Waals surface area (Å²) in [5, 5.41) is 0.181. The summed E-state index contributed by atoms with van der Waals surface area (Å²) in [6.45, 7) is 2.00. The third-order valence-corrected chi connectivity index (χ3v) is 2.68. The van der Waals surface area contributed by atoms with Gasteiger partial charge in [-0.25, -0.2) is 4.98 Å². The largest absolute Gasteiger partial charge is 0.279 e. The second-order valence-corrected chi connectivity index (χ2v) is 4.14. The minimum Gasteiger partial charge on any atom is -0.279 e. The molecule has 1 aromatic carbocycles. The number of aryl methyl sites for hydroxylation is 1. The van der Waals surface area contributed by atoms with Crippen molar-refractivity contribution in [1.82, 2.24) is 4.98 Å². The summed E-state index contributed by atoms with van der Waals surface area (Å²) in [5.74, 6) is 5.05. The molecule has 2 aromatic rings. The van der Waals surface area contributed by atoms with Gasteiger partial charge < -0.3 is 0 Å². The van der Waals surface area contributed by atoms with Crippen LogP contribution in [0.4, 0.5) is 0 Å². The van der Waals surface area contributed by atoms with E-state index in [2.05, 4.69) is 16.8 Å². The lowest BCUT2D eigenvalue weighted by Crippen LogP contribution is -1.97. The highest BCUT2D eigenvalue weighted by Crippen LogP contribution is 2.11. The number of hydrogen-bond acceptors (Lipinski definition) is 2. The van der Waals surface area contributed by atoms with Crippen LogP contribution >= 0.6 is 11.6 Å². The van der Waals surface area contributed by atoms with Crippen LogP contribution in [0, 0.1) is 18.8 Å². The zero-order valence-electron chi connectivity index (χ0n) is 9.77. The fraction of sp³-hybridized carbons (Fsp3) is 0.0667. The van der Waals surface area contributed by atoms with Crippen molar-refractivity contribution in [2.75, 3.05) is 0 Å². The lowest BCUT2D eigenvalue weighted by atomic mass is 10.1. The standard InChI is InChI=1S/C15H10ClNO/c1-11-4-6-12(7-5-11)8-9-14(18)13-3-2-10-17-15(13)16/h2-7,10H,1H3. The van der Waals surface area contributed by atoms with Gasteiger partial charge in [-0.2, -0.15) is 0 Å². The van der Waals surface area contributed by atoms with Crippen LogP contribution in [0.3, 0.4) is 0 Å². The van der Waals surface area contributed by atoms with E-state index >= 15 is 0 Å². The van der Waals surface area contributed by atoms with E-state index in [0.29, 0.717) is 5.56 Å². The summed E-state index contributed by atoms with van der Waals surface area (Å²) in [6.07, 6.45) is 1.53. The van der Waals surface area contributed by atoms with Crippen molar-refractivity contribution in [2.24, 2.45) is 0 Å². The van der Waals surface area contributed by atoms with Crippen LogP contribution in [0.5, 0.6) is 0 Å². The van der Waals surface area contributed by atoms with Gasteiger partial charge in [0.15, 0.2) is 0 Å². The second kappa shape index (κ2) is 5.48. The summed E-state index contributed by atoms with van der Waals surface area (Å²) < 4.78 is 0. The van der Waals surface area contributed by atoms with Crippen LogP contribution in [0.15, 0.2) is 42.6 Å². The molecular formula is C15H10ClNO. The highest BCUT2D eigenvalue weighted by molar-refractivity contribution is 6.33. The highest BCUT2D eigenvalue weighted by Gasteiger charge is 2.07. The van der Waals surface area contributed by atoms with Crippen molar-refractivity contribution in [2.45, 2.75) is 6.92 Å². The van der Waals surface area contributed by atoms with Gasteiger partial charge in [-0.05, 0) is 37.1 Å². The van der Waals surface area contributed by atoms with Crippen LogP contribution in [0.2, 0.25) is 5.15 Å². The number of ketones is 1. The monoisotopic (exact) mass is 255 g/mol. The Balaban J connectivity index is 2.23. The predicted molar refractivity (Wildman–Crippen MR) is 71.6 cm³/mol. The van der Waals surface area contributed by atoms with E-state index in [1.54, 1.807) is 12.1 Å². The molecule has 0 unspecified atom stereocenters. The number of aromatic nitrogens is 1. The van der Waals surface area contributed by atoms with Gasteiger partial charge in [-0.3, -0.25) is 4.79 Å². The molecular weight excluding hydrogens is 246 g/mol. The van der Waals surface area contributed by atoms with Gasteiger partial charge >= 0.3 is 0 Å². The number of hydrogen-bond donors (Lipinski definition) is 0. The predicted octanol–water partition coefficient (Wildman–Crippen LogP) is 3.28. The number of rotatable bonds is 1. The molecule has 0 saturated heterocycles. The summed E-state index contributed by atoms with van der Waals surface area (Å²) in [4.78, 5) is 15.7. The Hall–Kier alpha value is -2.11. The molecule has 1 heterocycles. The zero-order valence-corrected chi connectivity index (χ0v) is 10.5. The van der Waals surface area contributed by atoms with Crippen LogP contribution in [0.25, 0.3) is 0 Å². The van der Waals surface area contributed by atoms with Crippen molar-refractivity contribution in [1.29, 1.82) is 0 Å². The van der Waals surface area contributed by atoms with Crippen molar-refractivity contribution >= 4 is 17.4 Å². The van der Waals surface area contributed by atoms with Crippen LogP contribution in [-0.2, 0) is 0 Å².